The highest BCUT2D eigenvalue weighted by atomic mass is 19.1. The van der Waals surface area contributed by atoms with Gasteiger partial charge in [0.05, 0.1) is 30.9 Å². The van der Waals surface area contributed by atoms with Gasteiger partial charge in [0.15, 0.2) is 0 Å². The van der Waals surface area contributed by atoms with Gasteiger partial charge < -0.3 is 24.3 Å². The number of hydrogen-bond donors (Lipinski definition) is 2. The van der Waals surface area contributed by atoms with Crippen molar-refractivity contribution in [1.29, 1.82) is 0 Å². The summed E-state index contributed by atoms with van der Waals surface area (Å²) in [6, 6.07) is 11.5. The van der Waals surface area contributed by atoms with Gasteiger partial charge in [-0.2, -0.15) is 4.99 Å². The van der Waals surface area contributed by atoms with Crippen LogP contribution in [-0.4, -0.2) is 47.7 Å². The average Bonchev–Trinajstić information content (AvgIpc) is 3.23. The maximum atomic E-state index is 13.4. The van der Waals surface area contributed by atoms with E-state index in [4.69, 9.17) is 9.47 Å². The number of methoxy groups -OCH3 is 1. The number of carbonyl (C=O) groups is 2. The Kier molecular flexibility index (Phi) is 8.89. The van der Waals surface area contributed by atoms with E-state index in [9.17, 15) is 14.0 Å². The van der Waals surface area contributed by atoms with Crippen LogP contribution >= 0.6 is 0 Å². The van der Waals surface area contributed by atoms with Crippen molar-refractivity contribution >= 4 is 22.8 Å². The SMILES string of the molecule is COCCOCc1ccc2[nH]/c(=N\C(=O)c3ccc(F)cc3)n([C@H]3CC[C@@H](C(=O)NC(C)C)CC3)c2c1. The lowest BCUT2D eigenvalue weighted by Crippen LogP contribution is -2.38. The van der Waals surface area contributed by atoms with Gasteiger partial charge in [0.1, 0.15) is 5.82 Å². The molecule has 2 aromatic carbocycles. The van der Waals surface area contributed by atoms with Crippen LogP contribution in [0.5, 0.6) is 0 Å². The molecular weight excluding hydrogens is 475 g/mol. The monoisotopic (exact) mass is 510 g/mol. The van der Waals surface area contributed by atoms with Crippen LogP contribution in [0.1, 0.15) is 61.5 Å². The molecule has 0 spiro atoms. The molecule has 2 amide bonds. The van der Waals surface area contributed by atoms with Crippen LogP contribution in [0.25, 0.3) is 11.0 Å². The molecular formula is C28H35FN4O4. The first-order chi connectivity index (χ1) is 17.9. The summed E-state index contributed by atoms with van der Waals surface area (Å²) in [6.45, 7) is 5.39. The number of nitrogens with zero attached hydrogens (tertiary/aromatic N) is 2. The first-order valence-electron chi connectivity index (χ1n) is 12.8. The number of aromatic nitrogens is 2. The van der Waals surface area contributed by atoms with Crippen LogP contribution in [0.3, 0.4) is 0 Å². The van der Waals surface area contributed by atoms with E-state index in [1.165, 1.54) is 24.3 Å². The van der Waals surface area contributed by atoms with E-state index in [1.54, 1.807) is 7.11 Å². The molecule has 0 unspecified atom stereocenters. The number of benzene rings is 2. The summed E-state index contributed by atoms with van der Waals surface area (Å²) in [7, 11) is 1.64. The quantitative estimate of drug-likeness (QED) is 0.420. The molecule has 0 radical (unpaired) electrons. The fraction of sp³-hybridized carbons (Fsp3) is 0.464. The van der Waals surface area contributed by atoms with E-state index >= 15 is 0 Å². The Morgan fingerprint density at radius 3 is 2.51 bits per heavy atom. The van der Waals surface area contributed by atoms with Crippen LogP contribution in [0.4, 0.5) is 4.39 Å². The molecule has 9 heteroatoms. The minimum Gasteiger partial charge on any atom is -0.382 e. The molecule has 198 valence electrons. The van der Waals surface area contributed by atoms with Gasteiger partial charge in [-0.05, 0) is 81.5 Å². The molecule has 1 aromatic heterocycles. The summed E-state index contributed by atoms with van der Waals surface area (Å²) in [6.07, 6.45) is 3.09. The van der Waals surface area contributed by atoms with E-state index in [2.05, 4.69) is 25.9 Å². The summed E-state index contributed by atoms with van der Waals surface area (Å²) >= 11 is 0. The highest BCUT2D eigenvalue weighted by Crippen LogP contribution is 2.33. The van der Waals surface area contributed by atoms with Crippen molar-refractivity contribution in [2.75, 3.05) is 20.3 Å². The van der Waals surface area contributed by atoms with E-state index < -0.39 is 11.7 Å². The standard InChI is InChI=1S/C28H35FN4O4/c1-18(2)30-26(34)21-7-11-23(12-8-21)33-25-16-19(17-37-15-14-36-3)4-13-24(25)31-28(33)32-27(35)20-5-9-22(29)10-6-20/h4-6,9-10,13,16,18,21,23H,7-8,11-12,14-15,17H2,1-3H3,(H,30,34)(H,31,32,35)/t21-,23+. The van der Waals surface area contributed by atoms with Crippen molar-refractivity contribution in [1.82, 2.24) is 14.9 Å². The largest absolute Gasteiger partial charge is 0.382 e. The third kappa shape index (κ3) is 6.72. The number of nitrogens with one attached hydrogen (secondary N) is 2. The first kappa shape index (κ1) is 26.8. The number of amides is 2. The lowest BCUT2D eigenvalue weighted by Gasteiger charge is -2.29. The zero-order valence-corrected chi connectivity index (χ0v) is 21.6. The molecule has 0 atom stereocenters. The average molecular weight is 511 g/mol. The Bertz CT molecular complexity index is 1290. The molecule has 4 rings (SSSR count). The van der Waals surface area contributed by atoms with Gasteiger partial charge in [-0.1, -0.05) is 6.07 Å². The number of aromatic amines is 1. The summed E-state index contributed by atoms with van der Waals surface area (Å²) < 4.78 is 26.2. The van der Waals surface area contributed by atoms with Crippen molar-refractivity contribution < 1.29 is 23.5 Å². The summed E-state index contributed by atoms with van der Waals surface area (Å²) in [5, 5.41) is 3.02. The fourth-order valence-corrected chi connectivity index (χ4v) is 4.80. The molecule has 2 N–H and O–H groups in total. The first-order valence-corrected chi connectivity index (χ1v) is 12.8. The van der Waals surface area contributed by atoms with E-state index in [0.29, 0.717) is 31.0 Å². The van der Waals surface area contributed by atoms with Crippen molar-refractivity contribution in [3.63, 3.8) is 0 Å². The van der Waals surface area contributed by atoms with Gasteiger partial charge in [0.25, 0.3) is 5.91 Å². The van der Waals surface area contributed by atoms with Gasteiger partial charge in [-0.15, -0.1) is 0 Å². The number of ether oxygens (including phenoxy) is 2. The molecule has 1 saturated carbocycles. The van der Waals surface area contributed by atoms with Crippen molar-refractivity contribution in [2.24, 2.45) is 10.9 Å². The highest BCUT2D eigenvalue weighted by molar-refractivity contribution is 5.94. The number of halogens is 1. The number of imidazole rings is 1. The Labute approximate surface area is 215 Å². The van der Waals surface area contributed by atoms with Gasteiger partial charge in [-0.25, -0.2) is 4.39 Å². The van der Waals surface area contributed by atoms with E-state index in [1.807, 2.05) is 26.0 Å². The fourth-order valence-electron chi connectivity index (χ4n) is 4.80. The van der Waals surface area contributed by atoms with Gasteiger partial charge in [0.2, 0.25) is 11.5 Å². The lowest BCUT2D eigenvalue weighted by molar-refractivity contribution is -0.126. The van der Waals surface area contributed by atoms with Crippen LogP contribution in [-0.2, 0) is 20.9 Å². The van der Waals surface area contributed by atoms with Crippen LogP contribution in [0.15, 0.2) is 47.5 Å². The molecule has 0 aliphatic heterocycles. The van der Waals surface area contributed by atoms with Crippen molar-refractivity contribution in [3.8, 4) is 0 Å². The van der Waals surface area contributed by atoms with Crippen LogP contribution < -0.4 is 10.9 Å². The molecule has 1 fully saturated rings. The second-order valence-corrected chi connectivity index (χ2v) is 9.81. The smallest absolute Gasteiger partial charge is 0.280 e. The van der Waals surface area contributed by atoms with Crippen molar-refractivity contribution in [2.45, 2.75) is 58.2 Å². The molecule has 0 bridgehead atoms. The van der Waals surface area contributed by atoms with Gasteiger partial charge in [-0.3, -0.25) is 9.59 Å². The Morgan fingerprint density at radius 2 is 1.84 bits per heavy atom. The maximum Gasteiger partial charge on any atom is 0.280 e. The highest BCUT2D eigenvalue weighted by Gasteiger charge is 2.29. The Hall–Kier alpha value is -3.30. The summed E-state index contributed by atoms with van der Waals surface area (Å²) in [5.41, 5.74) is 3.53. The number of H-pyrrole nitrogens is 1. The minimum atomic E-state index is -0.451. The predicted molar refractivity (Wildman–Crippen MR) is 138 cm³/mol. The van der Waals surface area contributed by atoms with E-state index in [-0.39, 0.29) is 23.9 Å². The van der Waals surface area contributed by atoms with Gasteiger partial charge in [0, 0.05) is 30.7 Å². The predicted octanol–water partition coefficient (Wildman–Crippen LogP) is 4.27. The third-order valence-corrected chi connectivity index (χ3v) is 6.66. The molecule has 3 aromatic rings. The maximum absolute atomic E-state index is 13.4. The Balaban J connectivity index is 1.66. The van der Waals surface area contributed by atoms with Crippen molar-refractivity contribution in [3.05, 3.63) is 65.0 Å². The zero-order valence-electron chi connectivity index (χ0n) is 21.6. The topological polar surface area (TPSA) is 97.7 Å². The normalized spacial score (nSPS) is 18.5. The van der Waals surface area contributed by atoms with E-state index in [0.717, 1.165) is 42.3 Å². The van der Waals surface area contributed by atoms with Crippen LogP contribution in [0, 0.1) is 11.7 Å². The van der Waals surface area contributed by atoms with Gasteiger partial charge >= 0.3 is 0 Å². The van der Waals surface area contributed by atoms with Crippen LogP contribution in [0.2, 0.25) is 0 Å². The summed E-state index contributed by atoms with van der Waals surface area (Å²) in [4.78, 5) is 33.2. The molecule has 1 heterocycles. The number of rotatable bonds is 9. The Morgan fingerprint density at radius 1 is 1.11 bits per heavy atom. The zero-order chi connectivity index (χ0) is 26.4. The lowest BCUT2D eigenvalue weighted by atomic mass is 9.85. The molecule has 1 aliphatic rings. The number of carbonyl (C=O) groups excluding carboxylic acids is 2. The second kappa shape index (κ2) is 12.3. The number of hydrogen-bond acceptors (Lipinski definition) is 4. The molecule has 8 nitrogen and oxygen atoms in total. The molecule has 37 heavy (non-hydrogen) atoms. The second-order valence-electron chi connectivity index (χ2n) is 9.81. The minimum absolute atomic E-state index is 0.0181. The number of fused-ring (bicyclic) bond motifs is 1. The summed E-state index contributed by atoms with van der Waals surface area (Å²) in [5.74, 6) is -0.774. The third-order valence-electron chi connectivity index (χ3n) is 6.66. The molecule has 0 saturated heterocycles. The molecule has 1 aliphatic carbocycles.